The molecule has 118 valence electrons. The van der Waals surface area contributed by atoms with Gasteiger partial charge in [-0.2, -0.15) is 0 Å². The lowest BCUT2D eigenvalue weighted by atomic mass is 10.1. The number of rotatable bonds is 5. The number of pyridine rings is 1. The Morgan fingerprint density at radius 2 is 1.88 bits per heavy atom. The maximum atomic E-state index is 4.75. The van der Waals surface area contributed by atoms with E-state index in [4.69, 9.17) is 4.98 Å². The average molecular weight is 350 g/mol. The minimum Gasteiger partial charge on any atom is -0.349 e. The van der Waals surface area contributed by atoms with Crippen LogP contribution < -0.4 is 5.32 Å². The molecule has 0 aliphatic carbocycles. The van der Waals surface area contributed by atoms with Crippen molar-refractivity contribution in [1.29, 1.82) is 0 Å². The molecule has 0 saturated carbocycles. The van der Waals surface area contributed by atoms with Gasteiger partial charge >= 0.3 is 0 Å². The fraction of sp³-hybridized carbons (Fsp3) is 0.0556. The smallest absolute Gasteiger partial charge is 0.223 e. The summed E-state index contributed by atoms with van der Waals surface area (Å²) in [5.74, 6) is 0.627. The highest BCUT2D eigenvalue weighted by Gasteiger charge is 2.12. The molecule has 1 N–H and O–H groups in total. The second-order valence-electron chi connectivity index (χ2n) is 5.11. The lowest BCUT2D eigenvalue weighted by Gasteiger charge is -2.10. The van der Waals surface area contributed by atoms with E-state index in [2.05, 4.69) is 38.2 Å². The van der Waals surface area contributed by atoms with Crippen LogP contribution in [0.3, 0.4) is 0 Å². The van der Waals surface area contributed by atoms with Crippen LogP contribution in [0.4, 0.5) is 5.95 Å². The lowest BCUT2D eigenvalue weighted by Crippen LogP contribution is -2.04. The molecule has 4 aromatic rings. The van der Waals surface area contributed by atoms with Crippen LogP contribution in [0.5, 0.6) is 0 Å². The predicted molar refractivity (Wildman–Crippen MR) is 100 cm³/mol. The van der Waals surface area contributed by atoms with Crippen molar-refractivity contribution < 1.29 is 0 Å². The summed E-state index contributed by atoms with van der Waals surface area (Å²) < 4.78 is 0. The molecule has 24 heavy (non-hydrogen) atoms. The molecule has 4 heterocycles. The first-order valence-electron chi connectivity index (χ1n) is 7.48. The van der Waals surface area contributed by atoms with Gasteiger partial charge in [-0.25, -0.2) is 9.97 Å². The van der Waals surface area contributed by atoms with Crippen molar-refractivity contribution >= 4 is 28.6 Å². The summed E-state index contributed by atoms with van der Waals surface area (Å²) in [6, 6.07) is 12.2. The molecule has 0 atom stereocenters. The fourth-order valence-corrected chi connectivity index (χ4v) is 3.76. The minimum atomic E-state index is 0.627. The summed E-state index contributed by atoms with van der Waals surface area (Å²) in [6.45, 7) is 0.725. The van der Waals surface area contributed by atoms with Gasteiger partial charge in [0.2, 0.25) is 5.95 Å². The second kappa shape index (κ2) is 6.90. The molecule has 0 saturated heterocycles. The maximum Gasteiger partial charge on any atom is 0.223 e. The van der Waals surface area contributed by atoms with Crippen LogP contribution in [0.2, 0.25) is 0 Å². The van der Waals surface area contributed by atoms with E-state index in [9.17, 15) is 0 Å². The largest absolute Gasteiger partial charge is 0.349 e. The van der Waals surface area contributed by atoms with E-state index in [-0.39, 0.29) is 0 Å². The molecule has 6 heteroatoms. The van der Waals surface area contributed by atoms with Gasteiger partial charge in [-0.1, -0.05) is 12.1 Å². The van der Waals surface area contributed by atoms with Crippen LogP contribution in [-0.2, 0) is 6.54 Å². The summed E-state index contributed by atoms with van der Waals surface area (Å²) in [5, 5.41) is 7.43. The van der Waals surface area contributed by atoms with Crippen molar-refractivity contribution in [2.75, 3.05) is 5.32 Å². The van der Waals surface area contributed by atoms with Gasteiger partial charge < -0.3 is 5.32 Å². The van der Waals surface area contributed by atoms with Crippen LogP contribution in [-0.4, -0.2) is 15.0 Å². The summed E-state index contributed by atoms with van der Waals surface area (Å²) in [7, 11) is 0. The zero-order valence-corrected chi connectivity index (χ0v) is 14.3. The van der Waals surface area contributed by atoms with Crippen LogP contribution in [0.15, 0.2) is 65.7 Å². The van der Waals surface area contributed by atoms with Crippen LogP contribution in [0.25, 0.3) is 21.7 Å². The van der Waals surface area contributed by atoms with Gasteiger partial charge in [0.05, 0.1) is 12.2 Å². The van der Waals surface area contributed by atoms with Crippen molar-refractivity contribution in [3.05, 3.63) is 70.6 Å². The molecule has 0 fully saturated rings. The van der Waals surface area contributed by atoms with Gasteiger partial charge in [-0.05, 0) is 35.0 Å². The number of nitrogens with one attached hydrogen (secondary N) is 1. The Morgan fingerprint density at radius 1 is 0.958 bits per heavy atom. The molecule has 0 amide bonds. The standard InChI is InChI=1S/C18H14N4S2/c1-4-13(10-19-7-1)17-15(16-6-3-9-24-16)12-21-18(22-17)20-11-14-5-2-8-23-14/h1-10,12H,11H2,(H,20,21,22). The number of hydrogen-bond acceptors (Lipinski definition) is 6. The molecule has 0 aliphatic rings. The van der Waals surface area contributed by atoms with E-state index in [1.54, 1.807) is 28.9 Å². The van der Waals surface area contributed by atoms with E-state index < -0.39 is 0 Å². The molecule has 0 aromatic carbocycles. The normalized spacial score (nSPS) is 10.7. The zero-order valence-electron chi connectivity index (χ0n) is 12.7. The molecule has 4 rings (SSSR count). The first-order chi connectivity index (χ1) is 11.9. The van der Waals surface area contributed by atoms with E-state index in [0.717, 1.165) is 28.2 Å². The van der Waals surface area contributed by atoms with Crippen molar-refractivity contribution in [2.24, 2.45) is 0 Å². The Bertz CT molecular complexity index is 904. The van der Waals surface area contributed by atoms with Crippen molar-refractivity contribution in [1.82, 2.24) is 15.0 Å². The lowest BCUT2D eigenvalue weighted by molar-refractivity contribution is 1.07. The van der Waals surface area contributed by atoms with Gasteiger partial charge in [0.15, 0.2) is 0 Å². The van der Waals surface area contributed by atoms with E-state index >= 15 is 0 Å². The molecular weight excluding hydrogens is 336 g/mol. The third kappa shape index (κ3) is 3.20. The fourth-order valence-electron chi connectivity index (χ4n) is 2.38. The van der Waals surface area contributed by atoms with E-state index in [1.807, 2.05) is 36.7 Å². The number of nitrogens with zero attached hydrogens (tertiary/aromatic N) is 3. The maximum absolute atomic E-state index is 4.75. The Balaban J connectivity index is 1.71. The van der Waals surface area contributed by atoms with E-state index in [1.165, 1.54) is 4.88 Å². The Hall–Kier alpha value is -2.57. The number of hydrogen-bond donors (Lipinski definition) is 1. The monoisotopic (exact) mass is 350 g/mol. The topological polar surface area (TPSA) is 50.7 Å². The SMILES string of the molecule is c1cncc(-c2nc(NCc3cccs3)ncc2-c2cccs2)c1. The third-order valence-electron chi connectivity index (χ3n) is 3.51. The highest BCUT2D eigenvalue weighted by molar-refractivity contribution is 7.13. The second-order valence-corrected chi connectivity index (χ2v) is 7.09. The molecule has 0 radical (unpaired) electrons. The number of thiophene rings is 2. The minimum absolute atomic E-state index is 0.627. The van der Waals surface area contributed by atoms with Gasteiger partial charge in [0.25, 0.3) is 0 Å². The summed E-state index contributed by atoms with van der Waals surface area (Å²) in [6.07, 6.45) is 5.49. The van der Waals surface area contributed by atoms with Gasteiger partial charge in [-0.15, -0.1) is 22.7 Å². The third-order valence-corrected chi connectivity index (χ3v) is 5.29. The quantitative estimate of drug-likeness (QED) is 0.554. The van der Waals surface area contributed by atoms with Gasteiger partial charge in [-0.3, -0.25) is 4.98 Å². The summed E-state index contributed by atoms with van der Waals surface area (Å²) >= 11 is 3.40. The molecule has 0 aliphatic heterocycles. The van der Waals surface area contributed by atoms with Crippen LogP contribution in [0.1, 0.15) is 4.88 Å². The molecule has 0 spiro atoms. The Kier molecular flexibility index (Phi) is 4.31. The highest BCUT2D eigenvalue weighted by Crippen LogP contribution is 2.33. The van der Waals surface area contributed by atoms with E-state index in [0.29, 0.717) is 5.95 Å². The van der Waals surface area contributed by atoms with Crippen molar-refractivity contribution in [2.45, 2.75) is 6.54 Å². The number of anilines is 1. The molecule has 4 nitrogen and oxygen atoms in total. The summed E-state index contributed by atoms with van der Waals surface area (Å²) in [4.78, 5) is 15.9. The zero-order chi connectivity index (χ0) is 16.2. The van der Waals surface area contributed by atoms with Crippen LogP contribution >= 0.6 is 22.7 Å². The predicted octanol–water partition coefficient (Wildman–Crippen LogP) is 4.94. The average Bonchev–Trinajstić information content (AvgIpc) is 3.34. The summed E-state index contributed by atoms with van der Waals surface area (Å²) in [5.41, 5.74) is 2.91. The molecule has 0 bridgehead atoms. The van der Waals surface area contributed by atoms with Crippen molar-refractivity contribution in [3.8, 4) is 21.7 Å². The van der Waals surface area contributed by atoms with Crippen LogP contribution in [0, 0.1) is 0 Å². The number of aromatic nitrogens is 3. The molecule has 0 unspecified atom stereocenters. The van der Waals surface area contributed by atoms with Crippen molar-refractivity contribution in [3.63, 3.8) is 0 Å². The first-order valence-corrected chi connectivity index (χ1v) is 9.23. The highest BCUT2D eigenvalue weighted by atomic mass is 32.1. The molecule has 4 aromatic heterocycles. The van der Waals surface area contributed by atoms with Gasteiger partial charge in [0.1, 0.15) is 0 Å². The first kappa shape index (κ1) is 15.0. The molecular formula is C18H14N4S2. The Labute approximate surface area is 147 Å². The van der Waals surface area contributed by atoms with Gasteiger partial charge in [0, 0.05) is 39.5 Å². The Morgan fingerprint density at radius 3 is 2.62 bits per heavy atom.